The summed E-state index contributed by atoms with van der Waals surface area (Å²) in [5.41, 5.74) is 4.84. The van der Waals surface area contributed by atoms with Gasteiger partial charge in [0.05, 0.1) is 30.6 Å². The molecule has 0 saturated carbocycles. The lowest BCUT2D eigenvalue weighted by molar-refractivity contribution is 0.102. The van der Waals surface area contributed by atoms with E-state index in [0.29, 0.717) is 22.7 Å². The minimum absolute atomic E-state index is 0.0203. The molecule has 0 saturated heterocycles. The number of rotatable bonds is 11. The van der Waals surface area contributed by atoms with E-state index in [1.54, 1.807) is 24.3 Å². The van der Waals surface area contributed by atoms with Gasteiger partial charge in [0.1, 0.15) is 24.7 Å². The molecule has 0 aliphatic carbocycles. The highest BCUT2D eigenvalue weighted by Gasteiger charge is 2.09. The van der Waals surface area contributed by atoms with E-state index in [9.17, 15) is 4.79 Å². The minimum atomic E-state index is -0.228. The fourth-order valence-electron chi connectivity index (χ4n) is 4.04. The summed E-state index contributed by atoms with van der Waals surface area (Å²) in [5, 5.41) is 29.5. The summed E-state index contributed by atoms with van der Waals surface area (Å²) < 4.78 is 12.6. The van der Waals surface area contributed by atoms with E-state index in [-0.39, 0.29) is 32.3 Å². The average molecular weight is 525 g/mol. The van der Waals surface area contributed by atoms with Crippen molar-refractivity contribution in [3.8, 4) is 17.2 Å². The number of anilines is 3. The standard InChI is InChI=1S/C30H28N4O5/c35-15-17-38-27-10-1-21(2-11-27)30(37)33-24-3-8-26(9-4-24)34-29-14-7-25(19-22(29)20-31-34)32-23-5-12-28(13-6-23)39-18-16-36/h1-14,19-20,32,35-36H,15-18H2,(H,33,37). The second kappa shape index (κ2) is 12.1. The Balaban J connectivity index is 1.23. The van der Waals surface area contributed by atoms with Crippen molar-refractivity contribution in [3.63, 3.8) is 0 Å². The summed E-state index contributed by atoms with van der Waals surface area (Å²) in [6, 6.07) is 27.8. The lowest BCUT2D eigenvalue weighted by Crippen LogP contribution is -2.12. The third-order valence-corrected chi connectivity index (χ3v) is 5.92. The number of nitrogens with one attached hydrogen (secondary N) is 2. The summed E-state index contributed by atoms with van der Waals surface area (Å²) >= 11 is 0. The van der Waals surface area contributed by atoms with Gasteiger partial charge in [0.2, 0.25) is 0 Å². The number of amides is 1. The summed E-state index contributed by atoms with van der Waals surface area (Å²) in [7, 11) is 0. The van der Waals surface area contributed by atoms with Gasteiger partial charge in [-0.15, -0.1) is 0 Å². The zero-order valence-electron chi connectivity index (χ0n) is 21.1. The number of carbonyl (C=O) groups excluding carboxylic acids is 1. The third kappa shape index (κ3) is 6.35. The Kier molecular flexibility index (Phi) is 8.01. The zero-order chi connectivity index (χ0) is 27.0. The molecule has 9 heteroatoms. The van der Waals surface area contributed by atoms with Gasteiger partial charge >= 0.3 is 0 Å². The molecular weight excluding hydrogens is 496 g/mol. The van der Waals surface area contributed by atoms with Gasteiger partial charge < -0.3 is 30.3 Å². The second-order valence-electron chi connectivity index (χ2n) is 8.65. The smallest absolute Gasteiger partial charge is 0.255 e. The fourth-order valence-corrected chi connectivity index (χ4v) is 4.04. The largest absolute Gasteiger partial charge is 0.491 e. The van der Waals surface area contributed by atoms with Crippen molar-refractivity contribution in [2.75, 3.05) is 37.1 Å². The Bertz CT molecular complexity index is 1530. The number of ether oxygens (including phenoxy) is 2. The maximum Gasteiger partial charge on any atom is 0.255 e. The highest BCUT2D eigenvalue weighted by molar-refractivity contribution is 6.04. The first kappa shape index (κ1) is 25.8. The average Bonchev–Trinajstić information content (AvgIpc) is 3.39. The molecule has 1 heterocycles. The van der Waals surface area contributed by atoms with Crippen LogP contribution in [0.4, 0.5) is 17.1 Å². The van der Waals surface area contributed by atoms with E-state index in [0.717, 1.165) is 28.0 Å². The highest BCUT2D eigenvalue weighted by atomic mass is 16.5. The first-order chi connectivity index (χ1) is 19.1. The maximum atomic E-state index is 12.6. The summed E-state index contributed by atoms with van der Waals surface area (Å²) in [6.45, 7) is 0.388. The first-order valence-corrected chi connectivity index (χ1v) is 12.5. The summed E-state index contributed by atoms with van der Waals surface area (Å²) in [4.78, 5) is 12.6. The lowest BCUT2D eigenvalue weighted by atomic mass is 10.2. The van der Waals surface area contributed by atoms with Crippen LogP contribution in [0.5, 0.6) is 11.5 Å². The molecule has 0 aliphatic heterocycles. The molecule has 5 aromatic rings. The molecule has 0 fully saturated rings. The van der Waals surface area contributed by atoms with Crippen LogP contribution in [0, 0.1) is 0 Å². The number of aliphatic hydroxyl groups is 2. The molecule has 0 spiro atoms. The topological polar surface area (TPSA) is 118 Å². The summed E-state index contributed by atoms with van der Waals surface area (Å²) in [5.74, 6) is 1.07. The Labute approximate surface area is 225 Å². The van der Waals surface area contributed by atoms with Gasteiger partial charge in [-0.05, 0) is 91.0 Å². The SMILES string of the molecule is O=C(Nc1ccc(-n2ncc3cc(Nc4ccc(OCCO)cc4)ccc32)cc1)c1ccc(OCCO)cc1. The number of fused-ring (bicyclic) bond motifs is 1. The van der Waals surface area contributed by atoms with Crippen LogP contribution < -0.4 is 20.1 Å². The quantitative estimate of drug-likeness (QED) is 0.197. The second-order valence-corrected chi connectivity index (χ2v) is 8.65. The molecule has 0 radical (unpaired) electrons. The monoisotopic (exact) mass is 524 g/mol. The van der Waals surface area contributed by atoms with Crippen molar-refractivity contribution in [1.82, 2.24) is 9.78 Å². The Morgan fingerprint density at radius 1 is 0.744 bits per heavy atom. The van der Waals surface area contributed by atoms with Crippen LogP contribution in [0.3, 0.4) is 0 Å². The van der Waals surface area contributed by atoms with Crippen LogP contribution in [-0.4, -0.2) is 52.3 Å². The highest BCUT2D eigenvalue weighted by Crippen LogP contribution is 2.26. The van der Waals surface area contributed by atoms with E-state index >= 15 is 0 Å². The van der Waals surface area contributed by atoms with Crippen LogP contribution in [-0.2, 0) is 0 Å². The van der Waals surface area contributed by atoms with E-state index in [2.05, 4.69) is 15.7 Å². The van der Waals surface area contributed by atoms with Crippen LogP contribution in [0.1, 0.15) is 10.4 Å². The van der Waals surface area contributed by atoms with E-state index in [1.807, 2.05) is 77.6 Å². The Hall–Kier alpha value is -4.86. The molecular formula is C30H28N4O5. The van der Waals surface area contributed by atoms with Gasteiger partial charge in [-0.3, -0.25) is 4.79 Å². The molecule has 9 nitrogen and oxygen atoms in total. The van der Waals surface area contributed by atoms with Crippen molar-refractivity contribution < 1.29 is 24.5 Å². The molecule has 4 N–H and O–H groups in total. The molecule has 0 unspecified atom stereocenters. The van der Waals surface area contributed by atoms with Crippen molar-refractivity contribution in [2.24, 2.45) is 0 Å². The van der Waals surface area contributed by atoms with Gasteiger partial charge in [0, 0.05) is 28.0 Å². The zero-order valence-corrected chi connectivity index (χ0v) is 21.1. The van der Waals surface area contributed by atoms with Gasteiger partial charge in [-0.25, -0.2) is 4.68 Å². The molecule has 0 atom stereocenters. The van der Waals surface area contributed by atoms with E-state index in [4.69, 9.17) is 19.7 Å². The number of aromatic nitrogens is 2. The van der Waals surface area contributed by atoms with Crippen LogP contribution in [0.15, 0.2) is 97.2 Å². The molecule has 0 bridgehead atoms. The van der Waals surface area contributed by atoms with Crippen LogP contribution in [0.25, 0.3) is 16.6 Å². The lowest BCUT2D eigenvalue weighted by Gasteiger charge is -2.10. The normalized spacial score (nSPS) is 10.8. The number of hydrogen-bond donors (Lipinski definition) is 4. The van der Waals surface area contributed by atoms with Crippen molar-refractivity contribution in [1.29, 1.82) is 0 Å². The van der Waals surface area contributed by atoms with Gasteiger partial charge in [0.25, 0.3) is 5.91 Å². The van der Waals surface area contributed by atoms with Gasteiger partial charge in [0.15, 0.2) is 0 Å². The maximum absolute atomic E-state index is 12.6. The molecule has 0 aliphatic rings. The number of carbonyl (C=O) groups is 1. The van der Waals surface area contributed by atoms with Crippen molar-refractivity contribution in [3.05, 3.63) is 103 Å². The van der Waals surface area contributed by atoms with Gasteiger partial charge in [-0.2, -0.15) is 5.10 Å². The Morgan fingerprint density at radius 3 is 1.97 bits per heavy atom. The Morgan fingerprint density at radius 2 is 1.33 bits per heavy atom. The van der Waals surface area contributed by atoms with Crippen molar-refractivity contribution >= 4 is 33.9 Å². The van der Waals surface area contributed by atoms with Crippen LogP contribution >= 0.6 is 0 Å². The predicted octanol–water partition coefficient (Wildman–Crippen LogP) is 4.76. The third-order valence-electron chi connectivity index (χ3n) is 5.92. The predicted molar refractivity (Wildman–Crippen MR) is 150 cm³/mol. The van der Waals surface area contributed by atoms with Crippen LogP contribution in [0.2, 0.25) is 0 Å². The fraction of sp³-hybridized carbons (Fsp3) is 0.133. The summed E-state index contributed by atoms with van der Waals surface area (Å²) in [6.07, 6.45) is 1.82. The number of aliphatic hydroxyl groups excluding tert-OH is 2. The molecule has 1 amide bonds. The molecule has 39 heavy (non-hydrogen) atoms. The number of hydrogen-bond acceptors (Lipinski definition) is 7. The molecule has 198 valence electrons. The van der Waals surface area contributed by atoms with E-state index in [1.165, 1.54) is 0 Å². The molecule has 5 rings (SSSR count). The molecule has 4 aromatic carbocycles. The number of benzene rings is 4. The molecule has 1 aromatic heterocycles. The van der Waals surface area contributed by atoms with Crippen molar-refractivity contribution in [2.45, 2.75) is 0 Å². The minimum Gasteiger partial charge on any atom is -0.491 e. The first-order valence-electron chi connectivity index (χ1n) is 12.5. The van der Waals surface area contributed by atoms with Gasteiger partial charge in [-0.1, -0.05) is 0 Å². The van der Waals surface area contributed by atoms with E-state index < -0.39 is 0 Å². The number of nitrogens with zero attached hydrogens (tertiary/aromatic N) is 2.